The minimum Gasteiger partial charge on any atom is -0.443 e. The summed E-state index contributed by atoms with van der Waals surface area (Å²) < 4.78 is 0. The van der Waals surface area contributed by atoms with E-state index in [1.807, 2.05) is 0 Å². The van der Waals surface area contributed by atoms with E-state index in [4.69, 9.17) is 20.7 Å². The molecular weight excluding hydrogens is 264 g/mol. The van der Waals surface area contributed by atoms with Crippen LogP contribution in [-0.4, -0.2) is 10.2 Å². The Hall–Kier alpha value is -2.20. The molecule has 1 aromatic carbocycles. The lowest BCUT2D eigenvalue weighted by molar-refractivity contribution is 0.502. The molecule has 0 atom stereocenters. The highest BCUT2D eigenvalue weighted by molar-refractivity contribution is 5.35. The van der Waals surface area contributed by atoms with Crippen molar-refractivity contribution in [3.05, 3.63) is 34.9 Å². The molecule has 116 valence electrons. The van der Waals surface area contributed by atoms with E-state index in [0.717, 1.165) is 12.5 Å². The Morgan fingerprint density at radius 2 is 0.810 bits per heavy atom. The van der Waals surface area contributed by atoms with Gasteiger partial charge in [0.1, 0.15) is 0 Å². The first kappa shape index (κ1) is 21.1. The van der Waals surface area contributed by atoms with E-state index in [1.54, 1.807) is 0 Å². The maximum absolute atomic E-state index is 6.88. The quantitative estimate of drug-likeness (QED) is 0.787. The molecule has 0 unspecified atom stereocenters. The number of rotatable bonds is 3. The van der Waals surface area contributed by atoms with Gasteiger partial charge in [0.25, 0.3) is 12.5 Å². The summed E-state index contributed by atoms with van der Waals surface area (Å²) in [4.78, 5) is 0. The van der Waals surface area contributed by atoms with Crippen LogP contribution in [0.4, 0.5) is 0 Å². The zero-order valence-corrected chi connectivity index (χ0v) is 13.8. The molecule has 1 aromatic rings. The molecule has 4 heteroatoms. The summed E-state index contributed by atoms with van der Waals surface area (Å²) in [6.07, 6.45) is 1.50. The highest BCUT2D eigenvalue weighted by Gasteiger charge is 2.08. The van der Waals surface area contributed by atoms with E-state index in [2.05, 4.69) is 59.7 Å². The van der Waals surface area contributed by atoms with E-state index in [1.165, 1.54) is 16.7 Å². The third-order valence-corrected chi connectivity index (χ3v) is 3.00. The average Bonchev–Trinajstić information content (AvgIpc) is 2.39. The van der Waals surface area contributed by atoms with Gasteiger partial charge in [-0.25, -0.2) is 0 Å². The highest BCUT2D eigenvalue weighted by atomic mass is 16.2. The lowest BCUT2D eigenvalue weighted by Crippen LogP contribution is -1.98. The lowest BCUT2D eigenvalue weighted by Gasteiger charge is -2.16. The van der Waals surface area contributed by atoms with Crippen molar-refractivity contribution in [3.8, 4) is 12.5 Å². The van der Waals surface area contributed by atoms with Crippen LogP contribution in [0.15, 0.2) is 18.2 Å². The van der Waals surface area contributed by atoms with Crippen molar-refractivity contribution in [2.24, 2.45) is 0 Å². The standard InChI is InChI=1S/C15H24.2CHNO/c1-10(2)13-7-14(11(3)4)9-15(8-13)12(5)6;2*2-1-3/h7-12H,1-6H3;2*3H. The van der Waals surface area contributed by atoms with Gasteiger partial charge in [0.05, 0.1) is 0 Å². The van der Waals surface area contributed by atoms with Crippen molar-refractivity contribution < 1.29 is 10.2 Å². The Labute approximate surface area is 128 Å². The van der Waals surface area contributed by atoms with Crippen LogP contribution in [0.25, 0.3) is 0 Å². The molecule has 0 aliphatic rings. The molecule has 4 nitrogen and oxygen atoms in total. The van der Waals surface area contributed by atoms with Crippen molar-refractivity contribution in [2.75, 3.05) is 0 Å². The van der Waals surface area contributed by atoms with Gasteiger partial charge in [-0.1, -0.05) is 59.7 Å². The van der Waals surface area contributed by atoms with Crippen molar-refractivity contribution in [3.63, 3.8) is 0 Å². The van der Waals surface area contributed by atoms with Gasteiger partial charge in [0, 0.05) is 0 Å². The van der Waals surface area contributed by atoms with Crippen LogP contribution >= 0.6 is 0 Å². The average molecular weight is 290 g/mol. The fourth-order valence-corrected chi connectivity index (χ4v) is 1.70. The van der Waals surface area contributed by atoms with Gasteiger partial charge >= 0.3 is 0 Å². The zero-order valence-electron chi connectivity index (χ0n) is 13.8. The van der Waals surface area contributed by atoms with E-state index >= 15 is 0 Å². The molecule has 0 aliphatic carbocycles. The molecule has 1 rings (SSSR count). The van der Waals surface area contributed by atoms with Crippen LogP contribution in [0.5, 0.6) is 0 Å². The van der Waals surface area contributed by atoms with Crippen LogP contribution < -0.4 is 0 Å². The van der Waals surface area contributed by atoms with E-state index in [9.17, 15) is 0 Å². The van der Waals surface area contributed by atoms with Crippen LogP contribution in [0, 0.1) is 23.0 Å². The Morgan fingerprint density at radius 1 is 0.667 bits per heavy atom. The SMILES string of the molecule is CC(C)c1cc(C(C)C)cc(C(C)C)c1.N#CO.N#CO. The molecule has 2 N–H and O–H groups in total. The first-order valence-electron chi connectivity index (χ1n) is 6.96. The van der Waals surface area contributed by atoms with Crippen LogP contribution in [-0.2, 0) is 0 Å². The van der Waals surface area contributed by atoms with Gasteiger partial charge in [-0.15, -0.1) is 0 Å². The van der Waals surface area contributed by atoms with Crippen molar-refractivity contribution in [1.82, 2.24) is 0 Å². The topological polar surface area (TPSA) is 88.0 Å². The maximum atomic E-state index is 6.88. The first-order chi connectivity index (χ1) is 9.74. The summed E-state index contributed by atoms with van der Waals surface area (Å²) in [6, 6.07) is 7.09. The smallest absolute Gasteiger partial charge is 0.283 e. The molecular formula is C17H26N2O2. The number of nitrogens with zero attached hydrogens (tertiary/aromatic N) is 2. The number of benzene rings is 1. The molecule has 0 amide bonds. The Kier molecular flexibility index (Phi) is 11.7. The summed E-state index contributed by atoms with van der Waals surface area (Å²) in [7, 11) is 0. The molecule has 0 aromatic heterocycles. The van der Waals surface area contributed by atoms with Crippen molar-refractivity contribution in [1.29, 1.82) is 10.5 Å². The molecule has 0 saturated carbocycles. The van der Waals surface area contributed by atoms with E-state index in [-0.39, 0.29) is 0 Å². The summed E-state index contributed by atoms with van der Waals surface area (Å²) in [6.45, 7) is 13.6. The van der Waals surface area contributed by atoms with Gasteiger partial charge in [-0.3, -0.25) is 0 Å². The minimum atomic E-state index is 0.626. The molecule has 0 saturated heterocycles. The molecule has 0 fully saturated rings. The predicted octanol–water partition coefficient (Wildman–Crippen LogP) is 4.74. The van der Waals surface area contributed by atoms with Crippen molar-refractivity contribution in [2.45, 2.75) is 59.3 Å². The second-order valence-corrected chi connectivity index (χ2v) is 5.60. The van der Waals surface area contributed by atoms with E-state index in [0.29, 0.717) is 17.8 Å². The molecule has 0 heterocycles. The fourth-order valence-electron chi connectivity index (χ4n) is 1.70. The zero-order chi connectivity index (χ0) is 17.0. The number of nitriles is 2. The molecule has 0 bridgehead atoms. The number of aliphatic hydroxyl groups is 2. The third-order valence-electron chi connectivity index (χ3n) is 3.00. The molecule has 21 heavy (non-hydrogen) atoms. The fraction of sp³-hybridized carbons (Fsp3) is 0.529. The molecule has 0 aliphatic heterocycles. The summed E-state index contributed by atoms with van der Waals surface area (Å²) in [5, 5.41) is 27.5. The lowest BCUT2D eigenvalue weighted by atomic mass is 9.90. The Bertz CT molecular complexity index is 404. The largest absolute Gasteiger partial charge is 0.443 e. The Morgan fingerprint density at radius 3 is 0.905 bits per heavy atom. The maximum Gasteiger partial charge on any atom is 0.283 e. The molecule has 0 radical (unpaired) electrons. The summed E-state index contributed by atoms with van der Waals surface area (Å²) >= 11 is 0. The normalized spacial score (nSPS) is 9.10. The number of hydrogen-bond acceptors (Lipinski definition) is 4. The second-order valence-electron chi connectivity index (χ2n) is 5.60. The Balaban J connectivity index is 0. The van der Waals surface area contributed by atoms with Gasteiger partial charge in [-0.05, 0) is 34.4 Å². The monoisotopic (exact) mass is 290 g/mol. The number of hydrogen-bond donors (Lipinski definition) is 2. The highest BCUT2D eigenvalue weighted by Crippen LogP contribution is 2.26. The first-order valence-corrected chi connectivity index (χ1v) is 6.96. The third kappa shape index (κ3) is 9.35. The van der Waals surface area contributed by atoms with Gasteiger partial charge in [0.15, 0.2) is 0 Å². The summed E-state index contributed by atoms with van der Waals surface area (Å²) in [5.74, 6) is 1.88. The minimum absolute atomic E-state index is 0.626. The number of aliphatic hydroxyl groups excluding tert-OH is 2. The summed E-state index contributed by atoms with van der Waals surface area (Å²) in [5.41, 5.74) is 4.43. The van der Waals surface area contributed by atoms with Crippen LogP contribution in [0.3, 0.4) is 0 Å². The molecule has 0 spiro atoms. The van der Waals surface area contributed by atoms with Gasteiger partial charge in [-0.2, -0.15) is 10.5 Å². The van der Waals surface area contributed by atoms with Crippen LogP contribution in [0.1, 0.15) is 76.0 Å². The second kappa shape index (κ2) is 11.6. The van der Waals surface area contributed by atoms with Gasteiger partial charge in [0.2, 0.25) is 0 Å². The predicted molar refractivity (Wildman–Crippen MR) is 83.8 cm³/mol. The van der Waals surface area contributed by atoms with E-state index < -0.39 is 0 Å². The van der Waals surface area contributed by atoms with Crippen LogP contribution in [0.2, 0.25) is 0 Å². The van der Waals surface area contributed by atoms with Crippen molar-refractivity contribution >= 4 is 0 Å². The van der Waals surface area contributed by atoms with Gasteiger partial charge < -0.3 is 10.2 Å².